The first-order valence-corrected chi connectivity index (χ1v) is 4.80. The Bertz CT molecular complexity index is 242. The number of carbonyl (C=O) groups is 2. The van der Waals surface area contributed by atoms with Crippen LogP contribution in [0.3, 0.4) is 0 Å². The van der Waals surface area contributed by atoms with Crippen LogP contribution < -0.4 is 0 Å². The molecule has 1 aliphatic rings. The highest BCUT2D eigenvalue weighted by Crippen LogP contribution is 2.38. The van der Waals surface area contributed by atoms with Crippen molar-refractivity contribution in [3.05, 3.63) is 0 Å². The van der Waals surface area contributed by atoms with Gasteiger partial charge in [-0.2, -0.15) is 12.6 Å². The lowest BCUT2D eigenvalue weighted by molar-refractivity contribution is -0.153. The first kappa shape index (κ1) is 10.6. The molecule has 0 N–H and O–H groups in total. The molecule has 0 bridgehead atoms. The summed E-state index contributed by atoms with van der Waals surface area (Å²) >= 11 is 4.31. The maximum atomic E-state index is 11.3. The van der Waals surface area contributed by atoms with Crippen LogP contribution in [0.25, 0.3) is 0 Å². The van der Waals surface area contributed by atoms with E-state index >= 15 is 0 Å². The summed E-state index contributed by atoms with van der Waals surface area (Å²) < 4.78 is 4.08. The quantitative estimate of drug-likeness (QED) is 0.418. The van der Waals surface area contributed by atoms with Crippen LogP contribution in [-0.2, 0) is 14.3 Å². The minimum absolute atomic E-state index is 0.319. The summed E-state index contributed by atoms with van der Waals surface area (Å²) in [6.07, 6.45) is 0.624. The predicted molar refractivity (Wildman–Crippen MR) is 51.4 cm³/mol. The van der Waals surface area contributed by atoms with Crippen LogP contribution >= 0.6 is 12.6 Å². The van der Waals surface area contributed by atoms with Gasteiger partial charge < -0.3 is 4.74 Å². The van der Waals surface area contributed by atoms with Gasteiger partial charge in [0, 0.05) is 4.75 Å². The van der Waals surface area contributed by atoms with Crippen LogP contribution in [0.1, 0.15) is 27.2 Å². The third-order valence-electron chi connectivity index (χ3n) is 2.36. The van der Waals surface area contributed by atoms with E-state index in [1.807, 2.05) is 20.8 Å². The van der Waals surface area contributed by atoms with Gasteiger partial charge in [0.1, 0.15) is 0 Å². The van der Waals surface area contributed by atoms with Gasteiger partial charge in [-0.25, -0.2) is 0 Å². The Morgan fingerprint density at radius 1 is 1.38 bits per heavy atom. The number of cyclic esters (lactones) is 2. The number of ether oxygens (including phenoxy) is 1. The van der Waals surface area contributed by atoms with E-state index in [1.54, 1.807) is 0 Å². The fraction of sp³-hybridized carbons (Fsp3) is 0.778. The first-order chi connectivity index (χ1) is 5.88. The molecule has 1 rings (SSSR count). The zero-order valence-electron chi connectivity index (χ0n) is 8.03. The molecule has 1 aliphatic heterocycles. The molecule has 0 aromatic carbocycles. The summed E-state index contributed by atoms with van der Waals surface area (Å²) in [7, 11) is 0. The van der Waals surface area contributed by atoms with E-state index in [9.17, 15) is 9.59 Å². The first-order valence-electron chi connectivity index (χ1n) is 4.35. The number of esters is 2. The highest BCUT2D eigenvalue weighted by atomic mass is 32.1. The number of hydrogen-bond acceptors (Lipinski definition) is 4. The average Bonchev–Trinajstić information content (AvgIpc) is 2.23. The Morgan fingerprint density at radius 2 is 1.92 bits per heavy atom. The lowest BCUT2D eigenvalue weighted by atomic mass is 9.83. The van der Waals surface area contributed by atoms with Gasteiger partial charge in [-0.15, -0.1) is 0 Å². The van der Waals surface area contributed by atoms with Crippen molar-refractivity contribution in [1.82, 2.24) is 0 Å². The fourth-order valence-electron chi connectivity index (χ4n) is 1.72. The van der Waals surface area contributed by atoms with Crippen molar-refractivity contribution in [3.63, 3.8) is 0 Å². The molecule has 2 unspecified atom stereocenters. The number of carbonyl (C=O) groups excluding carboxylic acids is 2. The Labute approximate surface area is 83.2 Å². The monoisotopic (exact) mass is 202 g/mol. The standard InChI is InChI=1S/C9H14O3S/c1-4-5-6(9(2,3)13)8(11)12-7(5)10/h5-6,13H,4H2,1-3H3. The summed E-state index contributed by atoms with van der Waals surface area (Å²) in [6.45, 7) is 5.52. The smallest absolute Gasteiger partial charge is 0.318 e. The third-order valence-corrected chi connectivity index (χ3v) is 2.64. The van der Waals surface area contributed by atoms with Crippen molar-refractivity contribution in [2.24, 2.45) is 11.8 Å². The second-order valence-corrected chi connectivity index (χ2v) is 5.04. The van der Waals surface area contributed by atoms with E-state index in [2.05, 4.69) is 17.4 Å². The molecule has 0 radical (unpaired) electrons. The van der Waals surface area contributed by atoms with E-state index in [0.29, 0.717) is 6.42 Å². The van der Waals surface area contributed by atoms with E-state index in [1.165, 1.54) is 0 Å². The minimum Gasteiger partial charge on any atom is -0.393 e. The number of thiol groups is 1. The average molecular weight is 202 g/mol. The third kappa shape index (κ3) is 1.88. The van der Waals surface area contributed by atoms with E-state index in [4.69, 9.17) is 0 Å². The molecule has 74 valence electrons. The second-order valence-electron chi connectivity index (χ2n) is 3.89. The molecule has 0 aliphatic carbocycles. The lowest BCUT2D eigenvalue weighted by Crippen LogP contribution is -2.34. The zero-order chi connectivity index (χ0) is 10.2. The lowest BCUT2D eigenvalue weighted by Gasteiger charge is -2.25. The number of rotatable bonds is 2. The highest BCUT2D eigenvalue weighted by Gasteiger charge is 2.49. The van der Waals surface area contributed by atoms with E-state index in [0.717, 1.165) is 0 Å². The summed E-state index contributed by atoms with van der Waals surface area (Å²) in [5, 5.41) is 0. The molecule has 2 atom stereocenters. The topological polar surface area (TPSA) is 43.4 Å². The Hall–Kier alpha value is -0.510. The summed E-state index contributed by atoms with van der Waals surface area (Å²) in [6, 6.07) is 0. The van der Waals surface area contributed by atoms with Crippen LogP contribution in [0.5, 0.6) is 0 Å². The fourth-order valence-corrected chi connectivity index (χ4v) is 2.01. The summed E-state index contributed by atoms with van der Waals surface area (Å²) in [5.74, 6) is -1.56. The van der Waals surface area contributed by atoms with Gasteiger partial charge >= 0.3 is 11.9 Å². The van der Waals surface area contributed by atoms with Gasteiger partial charge in [0.15, 0.2) is 0 Å². The SMILES string of the molecule is CCC1C(=O)OC(=O)C1C(C)(C)S. The van der Waals surface area contributed by atoms with Gasteiger partial charge in [-0.05, 0) is 6.42 Å². The Balaban J connectivity index is 2.94. The molecule has 0 saturated carbocycles. The van der Waals surface area contributed by atoms with Gasteiger partial charge in [-0.1, -0.05) is 20.8 Å². The molecule has 3 nitrogen and oxygen atoms in total. The van der Waals surface area contributed by atoms with E-state index < -0.39 is 22.6 Å². The highest BCUT2D eigenvalue weighted by molar-refractivity contribution is 7.81. The predicted octanol–water partition coefficient (Wildman–Crippen LogP) is 1.42. The van der Waals surface area contributed by atoms with Crippen molar-refractivity contribution < 1.29 is 14.3 Å². The van der Waals surface area contributed by atoms with Crippen molar-refractivity contribution in [3.8, 4) is 0 Å². The summed E-state index contributed by atoms with van der Waals surface area (Å²) in [5.41, 5.74) is 0. The molecular formula is C9H14O3S. The molecule has 0 spiro atoms. The maximum absolute atomic E-state index is 11.3. The van der Waals surface area contributed by atoms with Gasteiger partial charge in [-0.3, -0.25) is 9.59 Å². The van der Waals surface area contributed by atoms with Gasteiger partial charge in [0.2, 0.25) is 0 Å². The van der Waals surface area contributed by atoms with Crippen LogP contribution in [-0.4, -0.2) is 16.7 Å². The minimum atomic E-state index is -0.496. The molecular weight excluding hydrogens is 188 g/mol. The van der Waals surface area contributed by atoms with Gasteiger partial charge in [0.05, 0.1) is 11.8 Å². The van der Waals surface area contributed by atoms with Crippen LogP contribution in [0, 0.1) is 11.8 Å². The molecule has 1 heterocycles. The molecule has 13 heavy (non-hydrogen) atoms. The molecule has 1 fully saturated rings. The second kappa shape index (κ2) is 3.33. The van der Waals surface area contributed by atoms with Crippen molar-refractivity contribution in [1.29, 1.82) is 0 Å². The molecule has 0 aromatic heterocycles. The van der Waals surface area contributed by atoms with E-state index in [-0.39, 0.29) is 5.92 Å². The van der Waals surface area contributed by atoms with Gasteiger partial charge in [0.25, 0.3) is 0 Å². The van der Waals surface area contributed by atoms with Crippen LogP contribution in [0.2, 0.25) is 0 Å². The largest absolute Gasteiger partial charge is 0.393 e. The van der Waals surface area contributed by atoms with Crippen molar-refractivity contribution in [2.75, 3.05) is 0 Å². The zero-order valence-corrected chi connectivity index (χ0v) is 8.93. The molecule has 0 amide bonds. The van der Waals surface area contributed by atoms with Crippen molar-refractivity contribution >= 4 is 24.6 Å². The van der Waals surface area contributed by atoms with Crippen molar-refractivity contribution in [2.45, 2.75) is 31.9 Å². The molecule has 1 saturated heterocycles. The van der Waals surface area contributed by atoms with Crippen LogP contribution in [0.4, 0.5) is 0 Å². The summed E-state index contributed by atoms with van der Waals surface area (Å²) in [4.78, 5) is 22.5. The maximum Gasteiger partial charge on any atom is 0.318 e. The Kier molecular flexibility index (Phi) is 2.71. The normalized spacial score (nSPS) is 29.2. The molecule has 4 heteroatoms. The number of hydrogen-bond donors (Lipinski definition) is 1. The van der Waals surface area contributed by atoms with Crippen LogP contribution in [0.15, 0.2) is 0 Å². The molecule has 0 aromatic rings. The Morgan fingerprint density at radius 3 is 2.23 bits per heavy atom.